The van der Waals surface area contributed by atoms with Gasteiger partial charge in [0.1, 0.15) is 5.75 Å². The molecule has 2 aromatic rings. The second-order valence-corrected chi connectivity index (χ2v) is 8.15. The van der Waals surface area contributed by atoms with E-state index in [-0.39, 0.29) is 30.3 Å². The number of anilines is 3. The van der Waals surface area contributed by atoms with Crippen molar-refractivity contribution >= 4 is 46.7 Å². The van der Waals surface area contributed by atoms with Gasteiger partial charge in [-0.1, -0.05) is 12.1 Å². The smallest absolute Gasteiger partial charge is 0.354 e. The van der Waals surface area contributed by atoms with E-state index >= 15 is 0 Å². The molecule has 0 saturated carbocycles. The standard InChI is InChI=1S/C24H24N4O7/c1-14(29)25-15-8-9-19(34-3)17(12-15)26-20(30)13-35-23(33)24-11-10-21(31)28(24)18-7-5-4-6-16(18)22(32)27(24)2/h4-9,12H,10-11,13H2,1-3H3,(H,25,29)(H,26,30). The molecule has 2 N–H and O–H groups in total. The average Bonchev–Trinajstić information content (AvgIpc) is 3.19. The number of benzene rings is 2. The minimum atomic E-state index is -1.67. The molecule has 1 atom stereocenters. The van der Waals surface area contributed by atoms with E-state index in [2.05, 4.69) is 10.6 Å². The number of hydrogen-bond donors (Lipinski definition) is 2. The number of carbonyl (C=O) groups excluding carboxylic acids is 5. The molecule has 1 unspecified atom stereocenters. The molecule has 4 amide bonds. The molecular formula is C24H24N4O7. The molecule has 0 aromatic heterocycles. The Bertz CT molecular complexity index is 1240. The van der Waals surface area contributed by atoms with E-state index in [9.17, 15) is 24.0 Å². The van der Waals surface area contributed by atoms with Gasteiger partial charge in [-0.15, -0.1) is 0 Å². The predicted molar refractivity (Wildman–Crippen MR) is 125 cm³/mol. The lowest BCUT2D eigenvalue weighted by Gasteiger charge is -2.46. The highest BCUT2D eigenvalue weighted by molar-refractivity contribution is 6.15. The monoisotopic (exact) mass is 480 g/mol. The average molecular weight is 480 g/mol. The first-order valence-corrected chi connectivity index (χ1v) is 10.8. The van der Waals surface area contributed by atoms with Crippen LogP contribution in [0.25, 0.3) is 0 Å². The van der Waals surface area contributed by atoms with Gasteiger partial charge in [0.25, 0.3) is 11.8 Å². The summed E-state index contributed by atoms with van der Waals surface area (Å²) in [7, 11) is 2.85. The molecule has 1 saturated heterocycles. The van der Waals surface area contributed by atoms with Crippen molar-refractivity contribution in [3.8, 4) is 5.75 Å². The van der Waals surface area contributed by atoms with Gasteiger partial charge >= 0.3 is 5.97 Å². The van der Waals surface area contributed by atoms with Gasteiger partial charge < -0.3 is 25.0 Å². The summed E-state index contributed by atoms with van der Waals surface area (Å²) in [5.74, 6) is -2.26. The zero-order valence-corrected chi connectivity index (χ0v) is 19.4. The number of amides is 4. The molecule has 1 fully saturated rings. The normalized spacial score (nSPS) is 18.5. The van der Waals surface area contributed by atoms with Crippen LogP contribution in [0.2, 0.25) is 0 Å². The van der Waals surface area contributed by atoms with Crippen LogP contribution in [-0.4, -0.2) is 60.9 Å². The van der Waals surface area contributed by atoms with Crippen molar-refractivity contribution in [2.24, 2.45) is 0 Å². The van der Waals surface area contributed by atoms with Gasteiger partial charge in [-0.3, -0.25) is 24.1 Å². The molecule has 0 radical (unpaired) electrons. The van der Waals surface area contributed by atoms with E-state index in [0.717, 1.165) is 0 Å². The zero-order chi connectivity index (χ0) is 25.3. The van der Waals surface area contributed by atoms with E-state index in [1.54, 1.807) is 36.4 Å². The van der Waals surface area contributed by atoms with E-state index in [1.807, 2.05) is 0 Å². The largest absolute Gasteiger partial charge is 0.495 e. The fraction of sp³-hybridized carbons (Fsp3) is 0.292. The van der Waals surface area contributed by atoms with Gasteiger partial charge in [-0.25, -0.2) is 4.79 Å². The zero-order valence-electron chi connectivity index (χ0n) is 19.4. The Morgan fingerprint density at radius 2 is 1.83 bits per heavy atom. The quantitative estimate of drug-likeness (QED) is 0.602. The molecule has 35 heavy (non-hydrogen) atoms. The lowest BCUT2D eigenvalue weighted by atomic mass is 9.97. The van der Waals surface area contributed by atoms with E-state index in [4.69, 9.17) is 9.47 Å². The minimum absolute atomic E-state index is 0.0371. The molecule has 182 valence electrons. The number of nitrogens with one attached hydrogen (secondary N) is 2. The molecular weight excluding hydrogens is 456 g/mol. The molecule has 0 bridgehead atoms. The van der Waals surface area contributed by atoms with E-state index in [0.29, 0.717) is 22.7 Å². The summed E-state index contributed by atoms with van der Waals surface area (Å²) in [5, 5.41) is 5.18. The highest BCUT2D eigenvalue weighted by Crippen LogP contribution is 2.44. The Morgan fingerprint density at radius 1 is 1.09 bits per heavy atom. The summed E-state index contributed by atoms with van der Waals surface area (Å²) in [5.41, 5.74) is -0.344. The fourth-order valence-electron chi connectivity index (χ4n) is 4.41. The number of para-hydroxylation sites is 1. The summed E-state index contributed by atoms with van der Waals surface area (Å²) in [6.07, 6.45) is 0.0792. The van der Waals surface area contributed by atoms with Crippen LogP contribution in [0, 0.1) is 0 Å². The maximum absolute atomic E-state index is 13.3. The van der Waals surface area contributed by atoms with Crippen molar-refractivity contribution in [3.05, 3.63) is 48.0 Å². The van der Waals surface area contributed by atoms with Crippen molar-refractivity contribution < 1.29 is 33.4 Å². The fourth-order valence-corrected chi connectivity index (χ4v) is 4.41. The van der Waals surface area contributed by atoms with Gasteiger partial charge in [0.15, 0.2) is 6.61 Å². The number of methoxy groups -OCH3 is 1. The van der Waals surface area contributed by atoms with Crippen LogP contribution >= 0.6 is 0 Å². The molecule has 2 aliphatic heterocycles. The van der Waals surface area contributed by atoms with Crippen LogP contribution in [-0.2, 0) is 23.9 Å². The van der Waals surface area contributed by atoms with Crippen molar-refractivity contribution in [1.29, 1.82) is 0 Å². The third kappa shape index (κ3) is 4.05. The van der Waals surface area contributed by atoms with Crippen molar-refractivity contribution in [3.63, 3.8) is 0 Å². The minimum Gasteiger partial charge on any atom is -0.495 e. The Labute approximate surface area is 201 Å². The lowest BCUT2D eigenvalue weighted by molar-refractivity contribution is -0.158. The molecule has 2 heterocycles. The summed E-state index contributed by atoms with van der Waals surface area (Å²) in [6.45, 7) is 0.684. The first kappa shape index (κ1) is 23.7. The van der Waals surface area contributed by atoms with Gasteiger partial charge in [0.2, 0.25) is 17.5 Å². The number of rotatable bonds is 6. The Morgan fingerprint density at radius 3 is 2.54 bits per heavy atom. The van der Waals surface area contributed by atoms with Crippen LogP contribution in [0.3, 0.4) is 0 Å². The highest BCUT2D eigenvalue weighted by Gasteiger charge is 2.60. The molecule has 0 spiro atoms. The molecule has 11 heteroatoms. The van der Waals surface area contributed by atoms with Gasteiger partial charge in [0.05, 0.1) is 24.0 Å². The van der Waals surface area contributed by atoms with Gasteiger partial charge in [-0.05, 0) is 30.3 Å². The number of ether oxygens (including phenoxy) is 2. The molecule has 2 aliphatic rings. The molecule has 0 aliphatic carbocycles. The Hall–Kier alpha value is -4.41. The molecule has 11 nitrogen and oxygen atoms in total. The van der Waals surface area contributed by atoms with Crippen LogP contribution in [0.1, 0.15) is 30.1 Å². The number of likely N-dealkylation sites (N-methyl/N-ethyl adjacent to an activating group) is 1. The third-order valence-corrected chi connectivity index (χ3v) is 6.00. The number of fused-ring (bicyclic) bond motifs is 3. The second-order valence-electron chi connectivity index (χ2n) is 8.15. The first-order chi connectivity index (χ1) is 16.7. The van der Waals surface area contributed by atoms with Crippen LogP contribution in [0.4, 0.5) is 17.1 Å². The topological polar surface area (TPSA) is 134 Å². The lowest BCUT2D eigenvalue weighted by Crippen LogP contribution is -2.67. The number of carbonyl (C=O) groups is 5. The van der Waals surface area contributed by atoms with Crippen LogP contribution in [0.5, 0.6) is 5.75 Å². The van der Waals surface area contributed by atoms with Gasteiger partial charge in [0, 0.05) is 32.5 Å². The van der Waals surface area contributed by atoms with Crippen molar-refractivity contribution in [1.82, 2.24) is 4.90 Å². The maximum atomic E-state index is 13.3. The Balaban J connectivity index is 1.53. The maximum Gasteiger partial charge on any atom is 0.354 e. The highest BCUT2D eigenvalue weighted by atomic mass is 16.5. The summed E-state index contributed by atoms with van der Waals surface area (Å²) < 4.78 is 10.6. The SMILES string of the molecule is COc1ccc(NC(C)=O)cc1NC(=O)COC(=O)C12CCC(=O)N1c1ccccc1C(=O)N2C. The number of nitrogens with zero attached hydrogens (tertiary/aromatic N) is 2. The first-order valence-electron chi connectivity index (χ1n) is 10.8. The predicted octanol–water partition coefficient (Wildman–Crippen LogP) is 1.74. The number of esters is 1. The summed E-state index contributed by atoms with van der Waals surface area (Å²) in [4.78, 5) is 65.5. The second kappa shape index (κ2) is 9.09. The third-order valence-electron chi connectivity index (χ3n) is 6.00. The van der Waals surface area contributed by atoms with Crippen molar-refractivity contribution in [2.45, 2.75) is 25.4 Å². The summed E-state index contributed by atoms with van der Waals surface area (Å²) >= 11 is 0. The van der Waals surface area contributed by atoms with Crippen LogP contribution < -0.4 is 20.3 Å². The van der Waals surface area contributed by atoms with Crippen LogP contribution in [0.15, 0.2) is 42.5 Å². The summed E-state index contributed by atoms with van der Waals surface area (Å²) in [6, 6.07) is 11.2. The Kier molecular flexibility index (Phi) is 6.16. The molecule has 4 rings (SSSR count). The number of hydrogen-bond acceptors (Lipinski definition) is 7. The molecule has 2 aromatic carbocycles. The van der Waals surface area contributed by atoms with Crippen molar-refractivity contribution in [2.75, 3.05) is 36.3 Å². The van der Waals surface area contributed by atoms with E-state index in [1.165, 1.54) is 36.9 Å². The van der Waals surface area contributed by atoms with Gasteiger partial charge in [-0.2, -0.15) is 0 Å². The van der Waals surface area contributed by atoms with E-state index < -0.39 is 30.1 Å².